The molecule has 2 atom stereocenters. The smallest absolute Gasteiger partial charge is 0.0513 e. The molecular formula is C16H22N2S2. The van der Waals surface area contributed by atoms with Crippen LogP contribution in [0.15, 0.2) is 33.7 Å². The Balaban J connectivity index is 1.85. The van der Waals surface area contributed by atoms with Crippen molar-refractivity contribution in [2.75, 3.05) is 0 Å². The van der Waals surface area contributed by atoms with Crippen molar-refractivity contribution in [1.29, 1.82) is 0 Å². The number of rotatable bonds is 7. The number of hydrogen-bond acceptors (Lipinski definition) is 4. The second-order valence-electron chi connectivity index (χ2n) is 5.61. The molecule has 3 rings (SSSR count). The average Bonchev–Trinajstić information content (AvgIpc) is 2.94. The van der Waals surface area contributed by atoms with Crippen LogP contribution in [0, 0.1) is 0 Å². The zero-order valence-corrected chi connectivity index (χ0v) is 13.5. The van der Waals surface area contributed by atoms with Gasteiger partial charge in [-0.05, 0) is 64.0 Å². The van der Waals surface area contributed by atoms with Crippen molar-refractivity contribution in [2.24, 2.45) is 5.73 Å². The van der Waals surface area contributed by atoms with Crippen LogP contribution in [0.4, 0.5) is 0 Å². The molecule has 2 aromatic heterocycles. The van der Waals surface area contributed by atoms with Gasteiger partial charge in [-0.25, -0.2) is 0 Å². The SMILES string of the molecule is CCC(N)C(c1ccsc1)N(Cc1ccsc1)C1CC1. The molecule has 1 fully saturated rings. The Kier molecular flexibility index (Phi) is 4.56. The quantitative estimate of drug-likeness (QED) is 0.828. The molecule has 2 aromatic rings. The molecule has 20 heavy (non-hydrogen) atoms. The Labute approximate surface area is 129 Å². The monoisotopic (exact) mass is 306 g/mol. The summed E-state index contributed by atoms with van der Waals surface area (Å²) in [6, 6.07) is 5.77. The first-order valence-electron chi connectivity index (χ1n) is 7.34. The third-order valence-electron chi connectivity index (χ3n) is 4.08. The van der Waals surface area contributed by atoms with Crippen LogP contribution in [-0.4, -0.2) is 17.0 Å². The Morgan fingerprint density at radius 3 is 2.55 bits per heavy atom. The molecule has 2 unspecified atom stereocenters. The maximum absolute atomic E-state index is 6.47. The van der Waals surface area contributed by atoms with Gasteiger partial charge in [-0.1, -0.05) is 6.92 Å². The van der Waals surface area contributed by atoms with Crippen molar-refractivity contribution in [1.82, 2.24) is 4.90 Å². The lowest BCUT2D eigenvalue weighted by atomic mass is 9.98. The van der Waals surface area contributed by atoms with Gasteiger partial charge >= 0.3 is 0 Å². The minimum Gasteiger partial charge on any atom is -0.326 e. The van der Waals surface area contributed by atoms with Gasteiger partial charge in [0.25, 0.3) is 0 Å². The van der Waals surface area contributed by atoms with Crippen LogP contribution in [0.5, 0.6) is 0 Å². The lowest BCUT2D eigenvalue weighted by molar-refractivity contribution is 0.151. The predicted octanol–water partition coefficient (Wildman–Crippen LogP) is 4.25. The summed E-state index contributed by atoms with van der Waals surface area (Å²) < 4.78 is 0. The highest BCUT2D eigenvalue weighted by molar-refractivity contribution is 7.08. The van der Waals surface area contributed by atoms with E-state index in [1.807, 2.05) is 0 Å². The largest absolute Gasteiger partial charge is 0.326 e. The van der Waals surface area contributed by atoms with Crippen LogP contribution in [-0.2, 0) is 6.54 Å². The average molecular weight is 307 g/mol. The molecule has 0 aliphatic heterocycles. The van der Waals surface area contributed by atoms with Crippen LogP contribution in [0.25, 0.3) is 0 Å². The van der Waals surface area contributed by atoms with E-state index in [4.69, 9.17) is 5.73 Å². The lowest BCUT2D eigenvalue weighted by Gasteiger charge is -2.35. The third-order valence-corrected chi connectivity index (χ3v) is 5.51. The highest BCUT2D eigenvalue weighted by Gasteiger charge is 2.37. The van der Waals surface area contributed by atoms with E-state index < -0.39 is 0 Å². The Morgan fingerprint density at radius 2 is 2.00 bits per heavy atom. The standard InChI is InChI=1S/C16H22N2S2/c1-2-15(17)16(13-6-8-20-11-13)18(14-3-4-14)9-12-5-7-19-10-12/h5-8,10-11,14-16H,2-4,9,17H2,1H3. The van der Waals surface area contributed by atoms with Gasteiger partial charge in [0, 0.05) is 18.6 Å². The molecule has 0 amide bonds. The molecule has 2 nitrogen and oxygen atoms in total. The van der Waals surface area contributed by atoms with Gasteiger partial charge in [0.2, 0.25) is 0 Å². The van der Waals surface area contributed by atoms with E-state index >= 15 is 0 Å². The molecule has 1 saturated carbocycles. The summed E-state index contributed by atoms with van der Waals surface area (Å²) in [5, 5.41) is 8.86. The summed E-state index contributed by atoms with van der Waals surface area (Å²) in [6.07, 6.45) is 3.66. The van der Waals surface area contributed by atoms with Crippen molar-refractivity contribution in [2.45, 2.75) is 50.9 Å². The van der Waals surface area contributed by atoms with Crippen molar-refractivity contribution in [3.05, 3.63) is 44.8 Å². The fraction of sp³-hybridized carbons (Fsp3) is 0.500. The number of thiophene rings is 2. The maximum Gasteiger partial charge on any atom is 0.0513 e. The minimum absolute atomic E-state index is 0.212. The van der Waals surface area contributed by atoms with Gasteiger partial charge in [0.05, 0.1) is 6.04 Å². The molecular weight excluding hydrogens is 284 g/mol. The summed E-state index contributed by atoms with van der Waals surface area (Å²) in [7, 11) is 0. The minimum atomic E-state index is 0.212. The van der Waals surface area contributed by atoms with Gasteiger partial charge < -0.3 is 5.73 Å². The fourth-order valence-electron chi connectivity index (χ4n) is 2.81. The van der Waals surface area contributed by atoms with Crippen molar-refractivity contribution in [3.63, 3.8) is 0 Å². The number of hydrogen-bond donors (Lipinski definition) is 1. The van der Waals surface area contributed by atoms with Gasteiger partial charge in [-0.15, -0.1) is 0 Å². The maximum atomic E-state index is 6.47. The van der Waals surface area contributed by atoms with E-state index in [-0.39, 0.29) is 6.04 Å². The number of nitrogens with zero attached hydrogens (tertiary/aromatic N) is 1. The van der Waals surface area contributed by atoms with Crippen molar-refractivity contribution < 1.29 is 0 Å². The molecule has 2 N–H and O–H groups in total. The summed E-state index contributed by atoms with van der Waals surface area (Å²) in [6.45, 7) is 3.22. The molecule has 0 radical (unpaired) electrons. The first kappa shape index (κ1) is 14.3. The summed E-state index contributed by atoms with van der Waals surface area (Å²) in [5.74, 6) is 0. The van der Waals surface area contributed by atoms with Crippen LogP contribution in [0.2, 0.25) is 0 Å². The Bertz CT molecular complexity index is 503. The molecule has 2 heterocycles. The lowest BCUT2D eigenvalue weighted by Crippen LogP contribution is -2.41. The van der Waals surface area contributed by atoms with Crippen molar-refractivity contribution >= 4 is 22.7 Å². The molecule has 0 spiro atoms. The van der Waals surface area contributed by atoms with E-state index in [0.29, 0.717) is 6.04 Å². The summed E-state index contributed by atoms with van der Waals surface area (Å²) in [4.78, 5) is 2.64. The van der Waals surface area contributed by atoms with E-state index in [0.717, 1.165) is 19.0 Å². The van der Waals surface area contributed by atoms with Crippen LogP contribution in [0.1, 0.15) is 43.4 Å². The van der Waals surface area contributed by atoms with Gasteiger partial charge in [-0.2, -0.15) is 22.7 Å². The third kappa shape index (κ3) is 3.14. The van der Waals surface area contributed by atoms with Crippen LogP contribution < -0.4 is 5.73 Å². The van der Waals surface area contributed by atoms with E-state index in [1.54, 1.807) is 22.7 Å². The molecule has 108 valence electrons. The summed E-state index contributed by atoms with van der Waals surface area (Å²) >= 11 is 3.55. The van der Waals surface area contributed by atoms with Gasteiger partial charge in [0.15, 0.2) is 0 Å². The molecule has 0 bridgehead atoms. The second-order valence-corrected chi connectivity index (χ2v) is 7.17. The molecule has 0 saturated heterocycles. The molecule has 0 aromatic carbocycles. The first-order chi connectivity index (χ1) is 9.79. The normalized spacial score (nSPS) is 18.4. The summed E-state index contributed by atoms with van der Waals surface area (Å²) in [5.41, 5.74) is 9.29. The van der Waals surface area contributed by atoms with E-state index in [2.05, 4.69) is 45.5 Å². The van der Waals surface area contributed by atoms with Crippen molar-refractivity contribution in [3.8, 4) is 0 Å². The fourth-order valence-corrected chi connectivity index (χ4v) is 4.15. The van der Waals surface area contributed by atoms with Gasteiger partial charge in [-0.3, -0.25) is 4.90 Å². The Morgan fingerprint density at radius 1 is 1.25 bits per heavy atom. The van der Waals surface area contributed by atoms with E-state index in [9.17, 15) is 0 Å². The topological polar surface area (TPSA) is 29.3 Å². The molecule has 4 heteroatoms. The first-order valence-corrected chi connectivity index (χ1v) is 9.22. The Hall–Kier alpha value is -0.680. The highest BCUT2D eigenvalue weighted by Crippen LogP contribution is 2.38. The van der Waals surface area contributed by atoms with Crippen LogP contribution in [0.3, 0.4) is 0 Å². The van der Waals surface area contributed by atoms with Gasteiger partial charge in [0.1, 0.15) is 0 Å². The van der Waals surface area contributed by atoms with Crippen LogP contribution >= 0.6 is 22.7 Å². The number of nitrogens with two attached hydrogens (primary N) is 1. The molecule has 1 aliphatic carbocycles. The van der Waals surface area contributed by atoms with E-state index in [1.165, 1.54) is 24.0 Å². The molecule has 1 aliphatic rings. The predicted molar refractivity (Wildman–Crippen MR) is 88.2 cm³/mol. The second kappa shape index (κ2) is 6.39. The highest BCUT2D eigenvalue weighted by atomic mass is 32.1. The zero-order chi connectivity index (χ0) is 13.9. The zero-order valence-electron chi connectivity index (χ0n) is 11.9.